The van der Waals surface area contributed by atoms with Gasteiger partial charge in [-0.05, 0) is 37.8 Å². The maximum absolute atomic E-state index is 12.2. The van der Waals surface area contributed by atoms with E-state index >= 15 is 0 Å². The number of rotatable bonds is 4. The molecule has 100 valence electrons. The fourth-order valence-electron chi connectivity index (χ4n) is 2.41. The Labute approximate surface area is 109 Å². The summed E-state index contributed by atoms with van der Waals surface area (Å²) in [5, 5.41) is 3.30. The molecule has 0 aliphatic carbocycles. The molecule has 1 aliphatic rings. The zero-order valence-electron chi connectivity index (χ0n) is 11.4. The van der Waals surface area contributed by atoms with E-state index in [1.807, 2.05) is 29.6 Å². The lowest BCUT2D eigenvalue weighted by atomic mass is 10.1. The van der Waals surface area contributed by atoms with E-state index in [-0.39, 0.29) is 11.9 Å². The predicted molar refractivity (Wildman–Crippen MR) is 72.1 cm³/mol. The van der Waals surface area contributed by atoms with Gasteiger partial charge in [0.15, 0.2) is 0 Å². The van der Waals surface area contributed by atoms with E-state index in [1.165, 1.54) is 12.0 Å². The Bertz CT molecular complexity index is 393. The number of carbonyl (C=O) groups is 1. The number of hydrogen-bond acceptors (Lipinski definition) is 2. The van der Waals surface area contributed by atoms with Gasteiger partial charge < -0.3 is 14.8 Å². The number of nitrogens with zero attached hydrogens (tertiary/aromatic N) is 2. The maximum Gasteiger partial charge on any atom is 0.239 e. The van der Waals surface area contributed by atoms with Crippen LogP contribution in [0.4, 0.5) is 0 Å². The number of piperidine rings is 1. The molecule has 1 saturated heterocycles. The van der Waals surface area contributed by atoms with Crippen molar-refractivity contribution in [2.75, 3.05) is 13.1 Å². The van der Waals surface area contributed by atoms with Gasteiger partial charge in [0.2, 0.25) is 5.91 Å². The number of nitrogens with one attached hydrogen (secondary N) is 1. The summed E-state index contributed by atoms with van der Waals surface area (Å²) in [6, 6.07) is 1.98. The first-order valence-electron chi connectivity index (χ1n) is 6.80. The van der Waals surface area contributed by atoms with Crippen LogP contribution in [0.15, 0.2) is 18.5 Å². The van der Waals surface area contributed by atoms with Gasteiger partial charge in [0, 0.05) is 39.1 Å². The molecule has 2 heterocycles. The fraction of sp³-hybridized carbons (Fsp3) is 0.643. The van der Waals surface area contributed by atoms with E-state index in [0.29, 0.717) is 0 Å². The van der Waals surface area contributed by atoms with E-state index in [0.717, 1.165) is 32.5 Å². The average Bonchev–Trinajstić information content (AvgIpc) is 2.82. The highest BCUT2D eigenvalue weighted by molar-refractivity contribution is 5.81. The number of likely N-dealkylation sites (tertiary alicyclic amines) is 1. The number of aryl methyl sites for hydroxylation is 1. The van der Waals surface area contributed by atoms with Gasteiger partial charge in [-0.15, -0.1) is 0 Å². The van der Waals surface area contributed by atoms with Crippen LogP contribution >= 0.6 is 0 Å². The maximum atomic E-state index is 12.2. The lowest BCUT2D eigenvalue weighted by Gasteiger charge is -2.29. The van der Waals surface area contributed by atoms with E-state index in [4.69, 9.17) is 0 Å². The van der Waals surface area contributed by atoms with Gasteiger partial charge in [0.25, 0.3) is 0 Å². The summed E-state index contributed by atoms with van der Waals surface area (Å²) in [5.74, 6) is 0.241. The van der Waals surface area contributed by atoms with Gasteiger partial charge in [-0.2, -0.15) is 0 Å². The molecule has 1 aromatic heterocycles. The number of aromatic nitrogens is 1. The minimum Gasteiger partial charge on any atom is -0.357 e. The predicted octanol–water partition coefficient (Wildman–Crippen LogP) is 1.52. The SMILES string of the molecule is CC(NCc1ccn(C)c1)C(=O)N1CCCCC1. The van der Waals surface area contributed by atoms with Crippen molar-refractivity contribution < 1.29 is 4.79 Å². The molecule has 0 spiro atoms. The molecule has 2 rings (SSSR count). The Kier molecular flexibility index (Phi) is 4.42. The second-order valence-electron chi connectivity index (χ2n) is 5.17. The second-order valence-corrected chi connectivity index (χ2v) is 5.17. The largest absolute Gasteiger partial charge is 0.357 e. The quantitative estimate of drug-likeness (QED) is 0.878. The molecule has 1 N–H and O–H groups in total. The molecule has 4 nitrogen and oxygen atoms in total. The summed E-state index contributed by atoms with van der Waals surface area (Å²) in [6.07, 6.45) is 7.66. The molecule has 0 saturated carbocycles. The van der Waals surface area contributed by atoms with Crippen molar-refractivity contribution in [1.82, 2.24) is 14.8 Å². The third-order valence-electron chi connectivity index (χ3n) is 3.54. The van der Waals surface area contributed by atoms with Gasteiger partial charge in [0.1, 0.15) is 0 Å². The monoisotopic (exact) mass is 249 g/mol. The molecule has 1 amide bonds. The molecule has 1 unspecified atom stereocenters. The van der Waals surface area contributed by atoms with Crippen LogP contribution in [0.5, 0.6) is 0 Å². The minimum atomic E-state index is -0.0942. The van der Waals surface area contributed by atoms with Crippen LogP contribution in [0.3, 0.4) is 0 Å². The van der Waals surface area contributed by atoms with E-state index < -0.39 is 0 Å². The zero-order valence-corrected chi connectivity index (χ0v) is 11.4. The van der Waals surface area contributed by atoms with E-state index in [9.17, 15) is 4.79 Å². The topological polar surface area (TPSA) is 37.3 Å². The Morgan fingerprint density at radius 3 is 2.72 bits per heavy atom. The molecule has 18 heavy (non-hydrogen) atoms. The van der Waals surface area contributed by atoms with Crippen LogP contribution in [0.25, 0.3) is 0 Å². The highest BCUT2D eigenvalue weighted by Crippen LogP contribution is 2.10. The lowest BCUT2D eigenvalue weighted by Crippen LogP contribution is -2.46. The molecular weight excluding hydrogens is 226 g/mol. The van der Waals surface area contributed by atoms with Gasteiger partial charge >= 0.3 is 0 Å². The van der Waals surface area contributed by atoms with Gasteiger partial charge in [-0.1, -0.05) is 0 Å². The minimum absolute atomic E-state index is 0.0942. The second kappa shape index (κ2) is 6.05. The van der Waals surface area contributed by atoms with E-state index in [2.05, 4.69) is 17.6 Å². The third kappa shape index (κ3) is 3.35. The first-order chi connectivity index (χ1) is 8.66. The van der Waals surface area contributed by atoms with Crippen molar-refractivity contribution in [3.63, 3.8) is 0 Å². The van der Waals surface area contributed by atoms with Gasteiger partial charge in [-0.3, -0.25) is 4.79 Å². The normalized spacial score (nSPS) is 17.8. The zero-order chi connectivity index (χ0) is 13.0. The smallest absolute Gasteiger partial charge is 0.239 e. The molecule has 1 aromatic rings. The van der Waals surface area contributed by atoms with Crippen molar-refractivity contribution in [2.24, 2.45) is 7.05 Å². The van der Waals surface area contributed by atoms with Crippen LogP contribution in [0.2, 0.25) is 0 Å². The fourth-order valence-corrected chi connectivity index (χ4v) is 2.41. The molecule has 1 aliphatic heterocycles. The standard InChI is InChI=1S/C14H23N3O/c1-12(14(18)17-7-4-3-5-8-17)15-10-13-6-9-16(2)11-13/h6,9,11-12,15H,3-5,7-8,10H2,1-2H3. The molecule has 0 aromatic carbocycles. The molecule has 0 bridgehead atoms. The van der Waals surface area contributed by atoms with Crippen LogP contribution in [0.1, 0.15) is 31.7 Å². The van der Waals surface area contributed by atoms with Crippen molar-refractivity contribution >= 4 is 5.91 Å². The van der Waals surface area contributed by atoms with Gasteiger partial charge in [-0.25, -0.2) is 0 Å². The Morgan fingerprint density at radius 2 is 2.11 bits per heavy atom. The summed E-state index contributed by atoms with van der Waals surface area (Å²) < 4.78 is 2.02. The highest BCUT2D eigenvalue weighted by Gasteiger charge is 2.21. The summed E-state index contributed by atoms with van der Waals surface area (Å²) in [6.45, 7) is 4.56. The van der Waals surface area contributed by atoms with Crippen LogP contribution in [0, 0.1) is 0 Å². The Balaban J connectivity index is 1.79. The molecule has 1 fully saturated rings. The van der Waals surface area contributed by atoms with E-state index in [1.54, 1.807) is 0 Å². The molecular formula is C14H23N3O. The third-order valence-corrected chi connectivity index (χ3v) is 3.54. The number of carbonyl (C=O) groups excluding carboxylic acids is 1. The average molecular weight is 249 g/mol. The van der Waals surface area contributed by atoms with Crippen LogP contribution in [-0.4, -0.2) is 34.5 Å². The summed E-state index contributed by atoms with van der Waals surface area (Å²) in [4.78, 5) is 14.2. The molecule has 4 heteroatoms. The number of hydrogen-bond donors (Lipinski definition) is 1. The van der Waals surface area contributed by atoms with Crippen molar-refractivity contribution in [2.45, 2.75) is 38.8 Å². The lowest BCUT2D eigenvalue weighted by molar-refractivity contribution is -0.133. The summed E-state index contributed by atoms with van der Waals surface area (Å²) in [5.41, 5.74) is 1.22. The Morgan fingerprint density at radius 1 is 1.39 bits per heavy atom. The number of amides is 1. The first kappa shape index (κ1) is 13.1. The summed E-state index contributed by atoms with van der Waals surface area (Å²) in [7, 11) is 2.01. The summed E-state index contributed by atoms with van der Waals surface area (Å²) >= 11 is 0. The van der Waals surface area contributed by atoms with Crippen molar-refractivity contribution in [3.05, 3.63) is 24.0 Å². The van der Waals surface area contributed by atoms with Crippen molar-refractivity contribution in [3.8, 4) is 0 Å². The first-order valence-corrected chi connectivity index (χ1v) is 6.80. The molecule has 0 radical (unpaired) electrons. The van der Waals surface area contributed by atoms with Gasteiger partial charge in [0.05, 0.1) is 6.04 Å². The Hall–Kier alpha value is -1.29. The highest BCUT2D eigenvalue weighted by atomic mass is 16.2. The molecule has 1 atom stereocenters. The van der Waals surface area contributed by atoms with Crippen molar-refractivity contribution in [1.29, 1.82) is 0 Å². The van der Waals surface area contributed by atoms with Crippen LogP contribution < -0.4 is 5.32 Å². The van der Waals surface area contributed by atoms with Crippen LogP contribution in [-0.2, 0) is 18.4 Å².